The second kappa shape index (κ2) is 12.4. The standard InChI is InChI=1S/C23H25OSi.C2H4.2ClH.Zr/c1-25(2,3)24-15-14-19-16-18-9-5-7-11-21(18)23(19)22-13-12-17-8-4-6-10-20(17)22;1-2;;;/h4-13,16,23H,14-15H2,1-3H3;1H,2H3;2*1H;/q-1;;;;+2/p-2. The number of halogens is 2. The van der Waals surface area contributed by atoms with Crippen molar-refractivity contribution in [2.24, 2.45) is 0 Å². The molecule has 0 saturated heterocycles. The summed E-state index contributed by atoms with van der Waals surface area (Å²) in [7, 11) is -1.47. The van der Waals surface area contributed by atoms with Crippen LogP contribution in [0.2, 0.25) is 19.6 Å². The van der Waals surface area contributed by atoms with Crippen molar-refractivity contribution >= 4 is 28.9 Å². The fraction of sp³-hybridized carbons (Fsp3) is 0.280. The van der Waals surface area contributed by atoms with Gasteiger partial charge in [0.1, 0.15) is 0 Å². The fourth-order valence-electron chi connectivity index (χ4n) is 3.87. The van der Waals surface area contributed by atoms with E-state index in [0.717, 1.165) is 13.0 Å². The van der Waals surface area contributed by atoms with Crippen molar-refractivity contribution in [3.8, 4) is 0 Å². The van der Waals surface area contributed by atoms with E-state index in [1.165, 1.54) is 57.3 Å². The van der Waals surface area contributed by atoms with E-state index in [1.807, 2.05) is 6.92 Å². The van der Waals surface area contributed by atoms with E-state index >= 15 is 0 Å². The smallest absolute Gasteiger partial charge is 0.183 e. The Balaban J connectivity index is 0.000000851. The summed E-state index contributed by atoms with van der Waals surface area (Å²) in [6.07, 6.45) is 3.39. The molecule has 1 aliphatic rings. The third-order valence-electron chi connectivity index (χ3n) is 4.97. The number of rotatable bonds is 5. The minimum absolute atomic E-state index is 0. The van der Waals surface area contributed by atoms with Gasteiger partial charge in [0.05, 0.1) is 0 Å². The minimum atomic E-state index is -1.47. The summed E-state index contributed by atoms with van der Waals surface area (Å²) in [5, 5.41) is 2.71. The summed E-state index contributed by atoms with van der Waals surface area (Å²) in [5.74, 6) is 0.362. The second-order valence-corrected chi connectivity index (χ2v) is 14.1. The summed E-state index contributed by atoms with van der Waals surface area (Å²) in [5.41, 5.74) is 5.71. The van der Waals surface area contributed by atoms with Crippen LogP contribution in [0.4, 0.5) is 0 Å². The van der Waals surface area contributed by atoms with Gasteiger partial charge in [0.2, 0.25) is 0 Å². The van der Waals surface area contributed by atoms with Crippen LogP contribution < -0.4 is 24.8 Å². The first kappa shape index (κ1) is 27.3. The van der Waals surface area contributed by atoms with Gasteiger partial charge in [-0.05, 0) is 43.1 Å². The van der Waals surface area contributed by atoms with Crippen LogP contribution in [0, 0.1) is 0 Å². The van der Waals surface area contributed by atoms with Crippen molar-refractivity contribution in [3.05, 3.63) is 82.9 Å². The van der Waals surface area contributed by atoms with Crippen molar-refractivity contribution in [2.45, 2.75) is 38.9 Å². The first-order chi connectivity index (χ1) is 13.4. The third kappa shape index (κ3) is 6.65. The van der Waals surface area contributed by atoms with Crippen LogP contribution in [-0.2, 0) is 28.7 Å². The molecule has 3 aromatic carbocycles. The molecule has 0 aromatic heterocycles. The Bertz CT molecular complexity index is 988. The monoisotopic (exact) mass is 533 g/mol. The van der Waals surface area contributed by atoms with E-state index < -0.39 is 8.32 Å². The maximum absolute atomic E-state index is 6.14. The van der Waals surface area contributed by atoms with Gasteiger partial charge in [-0.2, -0.15) is 6.07 Å². The first-order valence-electron chi connectivity index (χ1n) is 9.97. The van der Waals surface area contributed by atoms with Gasteiger partial charge >= 0.3 is 34.9 Å². The SMILES string of the molecule is C[CH]=[Zr+2].C[Si](C)(C)OCCC1=Cc2ccccc2C1[c-]1ccc2ccccc21.[Cl-].[Cl-]. The van der Waals surface area contributed by atoms with Crippen molar-refractivity contribution in [1.82, 2.24) is 0 Å². The first-order valence-corrected chi connectivity index (χ1v) is 14.8. The zero-order valence-electron chi connectivity index (χ0n) is 18.1. The van der Waals surface area contributed by atoms with E-state index in [-0.39, 0.29) is 24.8 Å². The normalized spacial score (nSPS) is 14.6. The summed E-state index contributed by atoms with van der Waals surface area (Å²) in [6, 6.07) is 22.1. The van der Waals surface area contributed by atoms with E-state index in [4.69, 9.17) is 4.43 Å². The largest absolute Gasteiger partial charge is 1.00 e. The Hall–Kier alpha value is -0.700. The van der Waals surface area contributed by atoms with Gasteiger partial charge in [0, 0.05) is 6.61 Å². The zero-order valence-corrected chi connectivity index (χ0v) is 23.1. The Kier molecular flexibility index (Phi) is 11.3. The van der Waals surface area contributed by atoms with Crippen LogP contribution in [0.15, 0.2) is 66.2 Å². The Morgan fingerprint density at radius 1 is 1.00 bits per heavy atom. The van der Waals surface area contributed by atoms with Crippen LogP contribution in [0.5, 0.6) is 0 Å². The van der Waals surface area contributed by atoms with Gasteiger partial charge in [0.25, 0.3) is 0 Å². The Morgan fingerprint density at radius 2 is 1.63 bits per heavy atom. The predicted molar refractivity (Wildman–Crippen MR) is 121 cm³/mol. The van der Waals surface area contributed by atoms with E-state index in [0.29, 0.717) is 5.92 Å². The van der Waals surface area contributed by atoms with Crippen molar-refractivity contribution in [3.63, 3.8) is 0 Å². The minimum Gasteiger partial charge on any atom is -1.00 e. The van der Waals surface area contributed by atoms with Crippen molar-refractivity contribution in [2.75, 3.05) is 6.61 Å². The van der Waals surface area contributed by atoms with E-state index in [9.17, 15) is 0 Å². The average molecular weight is 536 g/mol. The van der Waals surface area contributed by atoms with Gasteiger partial charge in [-0.25, -0.2) is 0 Å². The summed E-state index contributed by atoms with van der Waals surface area (Å²) >= 11 is 1.51. The molecule has 1 nitrogen and oxygen atoms in total. The molecule has 3 aromatic rings. The van der Waals surface area contributed by atoms with Crippen LogP contribution in [0.1, 0.15) is 36.0 Å². The van der Waals surface area contributed by atoms with Crippen molar-refractivity contribution < 1.29 is 53.5 Å². The van der Waals surface area contributed by atoms with Crippen LogP contribution in [0.3, 0.4) is 0 Å². The fourth-order valence-corrected chi connectivity index (χ4v) is 4.59. The molecular weight excluding hydrogens is 506 g/mol. The van der Waals surface area contributed by atoms with Gasteiger partial charge < -0.3 is 29.2 Å². The van der Waals surface area contributed by atoms with Crippen molar-refractivity contribution in [1.29, 1.82) is 0 Å². The molecule has 1 aliphatic carbocycles. The third-order valence-corrected chi connectivity index (χ3v) is 6.04. The molecule has 0 bridgehead atoms. The quantitative estimate of drug-likeness (QED) is 0.345. The van der Waals surface area contributed by atoms with Gasteiger partial charge in [-0.3, -0.25) is 0 Å². The molecule has 30 heavy (non-hydrogen) atoms. The summed E-state index contributed by atoms with van der Waals surface area (Å²) in [4.78, 5) is 0. The topological polar surface area (TPSA) is 9.23 Å². The van der Waals surface area contributed by atoms with Crippen LogP contribution in [-0.4, -0.2) is 18.6 Å². The molecule has 0 aliphatic heterocycles. The molecular formula is C25H29Cl2OSiZr-. The predicted octanol–water partition coefficient (Wildman–Crippen LogP) is 0.693. The van der Waals surface area contributed by atoms with Gasteiger partial charge in [-0.1, -0.05) is 42.0 Å². The molecule has 0 fully saturated rings. The molecule has 1 unspecified atom stereocenters. The summed E-state index contributed by atoms with van der Waals surface area (Å²) in [6.45, 7) is 9.63. The van der Waals surface area contributed by atoms with Crippen LogP contribution in [0.25, 0.3) is 16.8 Å². The molecule has 0 saturated carbocycles. The average Bonchev–Trinajstić information content (AvgIpc) is 3.22. The molecule has 0 N–H and O–H groups in total. The Labute approximate surface area is 209 Å². The molecule has 4 rings (SSSR count). The van der Waals surface area contributed by atoms with Gasteiger partial charge in [-0.15, -0.1) is 40.6 Å². The molecule has 158 valence electrons. The molecule has 5 heteroatoms. The number of fused-ring (bicyclic) bond motifs is 2. The number of benzene rings is 2. The van der Waals surface area contributed by atoms with Crippen LogP contribution >= 0.6 is 0 Å². The van der Waals surface area contributed by atoms with Gasteiger partial charge in [0.15, 0.2) is 8.32 Å². The molecule has 1 atom stereocenters. The molecule has 0 amide bonds. The number of hydrogen-bond donors (Lipinski definition) is 0. The second-order valence-electron chi connectivity index (χ2n) is 8.16. The molecule has 0 heterocycles. The van der Waals surface area contributed by atoms with E-state index in [1.54, 1.807) is 0 Å². The molecule has 0 radical (unpaired) electrons. The zero-order chi connectivity index (χ0) is 20.1. The maximum Gasteiger partial charge on any atom is 0.183 e. The Morgan fingerprint density at radius 3 is 2.33 bits per heavy atom. The summed E-state index contributed by atoms with van der Waals surface area (Å²) < 4.78 is 8.23. The maximum atomic E-state index is 6.14. The number of hydrogen-bond acceptors (Lipinski definition) is 1. The molecule has 0 spiro atoms. The van der Waals surface area contributed by atoms with E-state index in [2.05, 4.69) is 90.1 Å².